The van der Waals surface area contributed by atoms with Crippen molar-refractivity contribution < 1.29 is 23.9 Å². The zero-order valence-corrected chi connectivity index (χ0v) is 20.9. The Balaban J connectivity index is 1.41. The van der Waals surface area contributed by atoms with Crippen LogP contribution in [0, 0.1) is 0 Å². The lowest BCUT2D eigenvalue weighted by Crippen LogP contribution is -2.32. The van der Waals surface area contributed by atoms with Crippen LogP contribution in [0.5, 0.6) is 0 Å². The minimum atomic E-state index is -0.711. The van der Waals surface area contributed by atoms with E-state index in [1.807, 2.05) is 37.3 Å². The molecule has 3 aromatic rings. The van der Waals surface area contributed by atoms with E-state index in [0.29, 0.717) is 5.69 Å². The number of esters is 1. The molecule has 3 amide bonds. The topological polar surface area (TPSA) is 105 Å². The van der Waals surface area contributed by atoms with E-state index in [4.69, 9.17) is 16.3 Å². The Morgan fingerprint density at radius 2 is 1.65 bits per heavy atom. The number of anilines is 2. The minimum absolute atomic E-state index is 0.0858. The molecule has 1 aliphatic heterocycles. The smallest absolute Gasteiger partial charge is 0.337 e. The molecule has 0 fully saturated rings. The number of amides is 3. The van der Waals surface area contributed by atoms with Gasteiger partial charge in [-0.3, -0.25) is 14.4 Å². The molecule has 4 rings (SSSR count). The van der Waals surface area contributed by atoms with E-state index in [2.05, 4.69) is 10.6 Å². The molecule has 1 unspecified atom stereocenters. The normalized spacial score (nSPS) is 14.0. The molecular weight excluding hydrogens is 494 g/mol. The van der Waals surface area contributed by atoms with E-state index in [1.54, 1.807) is 24.3 Å². The van der Waals surface area contributed by atoms with Gasteiger partial charge in [0.1, 0.15) is 10.7 Å². The summed E-state index contributed by atoms with van der Waals surface area (Å²) in [6.07, 6.45) is 0.183. The highest BCUT2D eigenvalue weighted by Gasteiger charge is 2.39. The predicted molar refractivity (Wildman–Crippen MR) is 140 cm³/mol. The van der Waals surface area contributed by atoms with E-state index in [-0.39, 0.29) is 40.4 Å². The van der Waals surface area contributed by atoms with Gasteiger partial charge in [-0.05, 0) is 48.4 Å². The molecule has 9 heteroatoms. The van der Waals surface area contributed by atoms with Crippen molar-refractivity contribution in [1.29, 1.82) is 0 Å². The first-order valence-corrected chi connectivity index (χ1v) is 11.8. The maximum Gasteiger partial charge on any atom is 0.337 e. The molecule has 8 nitrogen and oxygen atoms in total. The lowest BCUT2D eigenvalue weighted by molar-refractivity contribution is -0.121. The van der Waals surface area contributed by atoms with Gasteiger partial charge >= 0.3 is 5.97 Å². The summed E-state index contributed by atoms with van der Waals surface area (Å²) < 4.78 is 4.70. The summed E-state index contributed by atoms with van der Waals surface area (Å²) in [4.78, 5) is 51.0. The number of imide groups is 1. The van der Waals surface area contributed by atoms with Gasteiger partial charge in [0.05, 0.1) is 30.8 Å². The first-order valence-electron chi connectivity index (χ1n) is 11.5. The minimum Gasteiger partial charge on any atom is -0.465 e. The van der Waals surface area contributed by atoms with Crippen molar-refractivity contribution in [2.75, 3.05) is 17.3 Å². The van der Waals surface area contributed by atoms with Crippen molar-refractivity contribution in [2.45, 2.75) is 19.4 Å². The Labute approximate surface area is 218 Å². The van der Waals surface area contributed by atoms with E-state index in [9.17, 15) is 19.2 Å². The van der Waals surface area contributed by atoms with Gasteiger partial charge in [-0.25, -0.2) is 9.69 Å². The molecule has 0 saturated carbocycles. The third-order valence-corrected chi connectivity index (χ3v) is 6.17. The van der Waals surface area contributed by atoms with Crippen LogP contribution in [0.1, 0.15) is 34.5 Å². The van der Waals surface area contributed by atoms with Gasteiger partial charge in [0, 0.05) is 5.69 Å². The molecule has 1 heterocycles. The number of ether oxygens (including phenoxy) is 1. The van der Waals surface area contributed by atoms with Crippen molar-refractivity contribution >= 4 is 46.7 Å². The standard InChI is InChI=1S/C28H24ClN3O5/c1-17(19-7-4-3-5-8-19)30-23(33)15-18-11-13-21(14-12-18)31-25-24(29)26(34)32(27(25)35)22-10-6-9-20(16-22)28(36)37-2/h3-14,16-17,31H,15H2,1-2H3,(H,30,33). The van der Waals surface area contributed by atoms with Crippen molar-refractivity contribution in [1.82, 2.24) is 5.32 Å². The quantitative estimate of drug-likeness (QED) is 0.340. The van der Waals surface area contributed by atoms with Crippen LogP contribution in [-0.2, 0) is 25.5 Å². The van der Waals surface area contributed by atoms with E-state index >= 15 is 0 Å². The summed E-state index contributed by atoms with van der Waals surface area (Å²) in [7, 11) is 1.24. The van der Waals surface area contributed by atoms with E-state index in [1.165, 1.54) is 31.4 Å². The Kier molecular flexibility index (Phi) is 7.69. The molecule has 188 valence electrons. The second-order valence-corrected chi connectivity index (χ2v) is 8.75. The fourth-order valence-electron chi connectivity index (χ4n) is 3.89. The molecule has 3 aromatic carbocycles. The van der Waals surface area contributed by atoms with Gasteiger partial charge in [0.25, 0.3) is 11.8 Å². The number of hydrogen-bond donors (Lipinski definition) is 2. The lowest BCUT2D eigenvalue weighted by Gasteiger charge is -2.16. The number of methoxy groups -OCH3 is 1. The number of nitrogens with zero attached hydrogens (tertiary/aromatic N) is 1. The van der Waals surface area contributed by atoms with Crippen LogP contribution in [-0.4, -0.2) is 30.8 Å². The number of carbonyl (C=O) groups is 4. The Morgan fingerprint density at radius 1 is 0.946 bits per heavy atom. The Bertz CT molecular complexity index is 1390. The summed E-state index contributed by atoms with van der Waals surface area (Å²) in [5.74, 6) is -2.08. The molecule has 37 heavy (non-hydrogen) atoms. The summed E-state index contributed by atoms with van der Waals surface area (Å²) >= 11 is 6.21. The zero-order valence-electron chi connectivity index (χ0n) is 20.2. The maximum absolute atomic E-state index is 13.0. The van der Waals surface area contributed by atoms with Crippen LogP contribution in [0.15, 0.2) is 89.6 Å². The predicted octanol–water partition coefficient (Wildman–Crippen LogP) is 4.33. The fraction of sp³-hybridized carbons (Fsp3) is 0.143. The molecular formula is C28H24ClN3O5. The number of benzene rings is 3. The molecule has 0 radical (unpaired) electrons. The van der Waals surface area contributed by atoms with Gasteiger partial charge in [-0.2, -0.15) is 0 Å². The highest BCUT2D eigenvalue weighted by Crippen LogP contribution is 2.30. The van der Waals surface area contributed by atoms with Gasteiger partial charge < -0.3 is 15.4 Å². The van der Waals surface area contributed by atoms with Gasteiger partial charge in [-0.1, -0.05) is 60.1 Å². The Hall–Kier alpha value is -4.43. The molecule has 0 aromatic heterocycles. The van der Waals surface area contributed by atoms with Crippen LogP contribution in [0.25, 0.3) is 0 Å². The molecule has 0 spiro atoms. The van der Waals surface area contributed by atoms with Crippen LogP contribution < -0.4 is 15.5 Å². The first kappa shape index (κ1) is 25.7. The first-order chi connectivity index (χ1) is 17.8. The van der Waals surface area contributed by atoms with Crippen molar-refractivity contribution in [3.63, 3.8) is 0 Å². The third-order valence-electron chi connectivity index (χ3n) is 5.82. The number of carbonyl (C=O) groups excluding carboxylic acids is 4. The number of hydrogen-bond acceptors (Lipinski definition) is 6. The number of nitrogens with one attached hydrogen (secondary N) is 2. The largest absolute Gasteiger partial charge is 0.465 e. The Morgan fingerprint density at radius 3 is 2.32 bits per heavy atom. The zero-order chi connectivity index (χ0) is 26.5. The van der Waals surface area contributed by atoms with Crippen LogP contribution in [0.3, 0.4) is 0 Å². The average molecular weight is 518 g/mol. The van der Waals surface area contributed by atoms with Gasteiger partial charge in [0.15, 0.2) is 0 Å². The summed E-state index contributed by atoms with van der Waals surface area (Å²) in [6.45, 7) is 1.92. The average Bonchev–Trinajstić information content (AvgIpc) is 3.12. The lowest BCUT2D eigenvalue weighted by atomic mass is 10.1. The summed E-state index contributed by atoms with van der Waals surface area (Å²) in [5, 5.41) is 5.60. The summed E-state index contributed by atoms with van der Waals surface area (Å²) in [5.41, 5.74) is 2.61. The van der Waals surface area contributed by atoms with Crippen molar-refractivity contribution in [3.8, 4) is 0 Å². The fourth-order valence-corrected chi connectivity index (χ4v) is 4.10. The SMILES string of the molecule is COC(=O)c1cccc(N2C(=O)C(Cl)=C(Nc3ccc(CC(=O)NC(C)c4ccccc4)cc3)C2=O)c1. The molecule has 0 saturated heterocycles. The molecule has 0 aliphatic carbocycles. The van der Waals surface area contributed by atoms with Crippen molar-refractivity contribution in [3.05, 3.63) is 106 Å². The van der Waals surface area contributed by atoms with Crippen LogP contribution in [0.4, 0.5) is 11.4 Å². The van der Waals surface area contributed by atoms with Crippen LogP contribution in [0.2, 0.25) is 0 Å². The highest BCUT2D eigenvalue weighted by molar-refractivity contribution is 6.53. The molecule has 0 bridgehead atoms. The highest BCUT2D eigenvalue weighted by atomic mass is 35.5. The molecule has 1 aliphatic rings. The number of halogens is 1. The second kappa shape index (κ2) is 11.1. The van der Waals surface area contributed by atoms with Gasteiger partial charge in [-0.15, -0.1) is 0 Å². The van der Waals surface area contributed by atoms with Gasteiger partial charge in [0.2, 0.25) is 5.91 Å². The van der Waals surface area contributed by atoms with Crippen LogP contribution >= 0.6 is 11.6 Å². The summed E-state index contributed by atoms with van der Waals surface area (Å²) in [6, 6.07) is 22.4. The second-order valence-electron chi connectivity index (χ2n) is 8.38. The number of rotatable bonds is 8. The molecule has 1 atom stereocenters. The third kappa shape index (κ3) is 5.70. The van der Waals surface area contributed by atoms with E-state index < -0.39 is 17.8 Å². The van der Waals surface area contributed by atoms with Crippen molar-refractivity contribution in [2.24, 2.45) is 0 Å². The molecule has 2 N–H and O–H groups in total. The monoisotopic (exact) mass is 517 g/mol. The van der Waals surface area contributed by atoms with E-state index in [0.717, 1.165) is 16.0 Å². The maximum atomic E-state index is 13.0.